The summed E-state index contributed by atoms with van der Waals surface area (Å²) in [5.41, 5.74) is 1.35. The highest BCUT2D eigenvalue weighted by Gasteiger charge is 2.17. The van der Waals surface area contributed by atoms with Gasteiger partial charge in [0.25, 0.3) is 5.91 Å². The Labute approximate surface area is 210 Å². The predicted molar refractivity (Wildman–Crippen MR) is 138 cm³/mol. The summed E-state index contributed by atoms with van der Waals surface area (Å²) in [5.74, 6) is 2.34. The standard InChI is InChI=1S/C19H26N2O3.C8H17NO2/c1-3-9-18(23)21(13-4-2)14-8-6-5-7-10-16-11-12-17(16)19(24)20-15-22;1-7(2)11-5-8(3,4)9-6-10/h2,11-12,15H,3,5-10,13-14H2,1H3,(H,20,22,24);6-7H,5H2,1-4H3,(H,9,10). The van der Waals surface area contributed by atoms with Gasteiger partial charge in [0, 0.05) is 18.5 Å². The summed E-state index contributed by atoms with van der Waals surface area (Å²) >= 11 is 0. The SMILES string of the molecule is C#CCN(CCCCCCC1=C(C(=O)NC=O)C=C1)C(=O)CCC.CC(C)OCC(C)(C)NC=O. The minimum Gasteiger partial charge on any atom is -0.376 e. The zero-order valence-corrected chi connectivity index (χ0v) is 22.0. The molecule has 196 valence electrons. The van der Waals surface area contributed by atoms with E-state index in [-0.39, 0.29) is 23.5 Å². The fourth-order valence-corrected chi connectivity index (χ4v) is 3.18. The van der Waals surface area contributed by atoms with Crippen LogP contribution in [0.2, 0.25) is 0 Å². The first-order valence-electron chi connectivity index (χ1n) is 12.3. The number of carbonyl (C=O) groups is 4. The van der Waals surface area contributed by atoms with Crippen molar-refractivity contribution in [3.63, 3.8) is 0 Å². The molecule has 0 fully saturated rings. The van der Waals surface area contributed by atoms with E-state index in [1.807, 2.05) is 40.7 Å². The average molecular weight is 490 g/mol. The number of hydrogen-bond acceptors (Lipinski definition) is 5. The Bertz CT molecular complexity index is 778. The van der Waals surface area contributed by atoms with Gasteiger partial charge in [0.2, 0.25) is 18.7 Å². The molecule has 1 aliphatic carbocycles. The van der Waals surface area contributed by atoms with E-state index in [1.54, 1.807) is 11.0 Å². The van der Waals surface area contributed by atoms with Gasteiger partial charge in [-0.05, 0) is 65.0 Å². The summed E-state index contributed by atoms with van der Waals surface area (Å²) < 4.78 is 5.34. The molecule has 0 radical (unpaired) electrons. The largest absolute Gasteiger partial charge is 0.376 e. The van der Waals surface area contributed by atoms with Crippen molar-refractivity contribution in [2.24, 2.45) is 0 Å². The molecule has 0 saturated heterocycles. The number of nitrogens with zero attached hydrogens (tertiary/aromatic N) is 1. The molecule has 0 aromatic carbocycles. The molecule has 0 atom stereocenters. The molecule has 1 rings (SSSR count). The molecule has 0 unspecified atom stereocenters. The lowest BCUT2D eigenvalue weighted by Gasteiger charge is -2.24. The highest BCUT2D eigenvalue weighted by molar-refractivity contribution is 6.04. The zero-order chi connectivity index (χ0) is 26.7. The van der Waals surface area contributed by atoms with Gasteiger partial charge in [0.1, 0.15) is 0 Å². The van der Waals surface area contributed by atoms with Crippen LogP contribution in [0.5, 0.6) is 0 Å². The summed E-state index contributed by atoms with van der Waals surface area (Å²) in [5, 5.41) is 4.82. The molecule has 0 aliphatic heterocycles. The second kappa shape index (κ2) is 18.4. The second-order valence-corrected chi connectivity index (χ2v) is 9.30. The van der Waals surface area contributed by atoms with Gasteiger partial charge < -0.3 is 15.0 Å². The molecule has 0 aromatic heterocycles. The van der Waals surface area contributed by atoms with Gasteiger partial charge >= 0.3 is 0 Å². The Morgan fingerprint density at radius 3 is 2.34 bits per heavy atom. The smallest absolute Gasteiger partial charge is 0.257 e. The van der Waals surface area contributed by atoms with Crippen LogP contribution in [0.25, 0.3) is 0 Å². The number of rotatable bonds is 17. The van der Waals surface area contributed by atoms with Gasteiger partial charge in [-0.15, -0.1) is 6.42 Å². The maximum Gasteiger partial charge on any atom is 0.257 e. The van der Waals surface area contributed by atoms with Crippen LogP contribution in [0.1, 0.15) is 79.6 Å². The van der Waals surface area contributed by atoms with Crippen LogP contribution >= 0.6 is 0 Å². The quantitative estimate of drug-likeness (QED) is 0.185. The number of ether oxygens (including phenoxy) is 1. The lowest BCUT2D eigenvalue weighted by atomic mass is 9.92. The number of nitrogens with one attached hydrogen (secondary N) is 2. The van der Waals surface area contributed by atoms with Gasteiger partial charge in [-0.2, -0.15) is 0 Å². The highest BCUT2D eigenvalue weighted by Crippen LogP contribution is 2.24. The van der Waals surface area contributed by atoms with Crippen molar-refractivity contribution in [3.8, 4) is 12.3 Å². The van der Waals surface area contributed by atoms with Crippen LogP contribution in [0.4, 0.5) is 0 Å². The first-order chi connectivity index (χ1) is 16.6. The molecule has 0 saturated carbocycles. The number of hydrogen-bond donors (Lipinski definition) is 2. The van der Waals surface area contributed by atoms with Crippen molar-refractivity contribution >= 4 is 24.6 Å². The van der Waals surface area contributed by atoms with Crippen molar-refractivity contribution in [2.45, 2.75) is 91.2 Å². The summed E-state index contributed by atoms with van der Waals surface area (Å²) in [6.07, 6.45) is 16.5. The van der Waals surface area contributed by atoms with E-state index in [4.69, 9.17) is 11.2 Å². The average Bonchev–Trinajstić information content (AvgIpc) is 2.76. The first-order valence-corrected chi connectivity index (χ1v) is 12.3. The summed E-state index contributed by atoms with van der Waals surface area (Å²) in [7, 11) is 0. The van der Waals surface area contributed by atoms with E-state index in [9.17, 15) is 19.2 Å². The van der Waals surface area contributed by atoms with Crippen LogP contribution in [0.3, 0.4) is 0 Å². The number of terminal acetylenes is 1. The van der Waals surface area contributed by atoms with E-state index in [0.717, 1.165) is 44.1 Å². The van der Waals surface area contributed by atoms with Crippen LogP contribution < -0.4 is 10.6 Å². The number of allylic oxidation sites excluding steroid dienone is 2. The Morgan fingerprint density at radius 2 is 1.83 bits per heavy atom. The third-order valence-corrected chi connectivity index (χ3v) is 5.18. The number of carbonyl (C=O) groups excluding carboxylic acids is 4. The zero-order valence-electron chi connectivity index (χ0n) is 22.0. The summed E-state index contributed by atoms with van der Waals surface area (Å²) in [4.78, 5) is 45.5. The predicted octanol–water partition coefficient (Wildman–Crippen LogP) is 3.27. The van der Waals surface area contributed by atoms with E-state index < -0.39 is 0 Å². The van der Waals surface area contributed by atoms with Gasteiger partial charge in [0.15, 0.2) is 0 Å². The van der Waals surface area contributed by atoms with Crippen molar-refractivity contribution in [3.05, 3.63) is 23.3 Å². The van der Waals surface area contributed by atoms with Gasteiger partial charge in [-0.3, -0.25) is 24.5 Å². The molecule has 1 aliphatic rings. The Balaban J connectivity index is 0.000000883. The van der Waals surface area contributed by atoms with Crippen molar-refractivity contribution < 1.29 is 23.9 Å². The molecular formula is C27H43N3O5. The molecule has 8 nitrogen and oxygen atoms in total. The molecule has 0 heterocycles. The number of amides is 4. The van der Waals surface area contributed by atoms with Crippen molar-refractivity contribution in [1.82, 2.24) is 15.5 Å². The third-order valence-electron chi connectivity index (χ3n) is 5.18. The molecule has 2 N–H and O–H groups in total. The lowest BCUT2D eigenvalue weighted by molar-refractivity contribution is -0.130. The Hall–Kier alpha value is -2.92. The first kappa shape index (κ1) is 32.1. The number of imide groups is 1. The van der Waals surface area contributed by atoms with E-state index in [1.165, 1.54) is 0 Å². The molecule has 4 amide bonds. The minimum atomic E-state index is -0.332. The van der Waals surface area contributed by atoms with Gasteiger partial charge in [-0.25, -0.2) is 0 Å². The van der Waals surface area contributed by atoms with E-state index in [2.05, 4.69) is 16.6 Å². The second-order valence-electron chi connectivity index (χ2n) is 9.30. The van der Waals surface area contributed by atoms with Crippen LogP contribution in [0, 0.1) is 12.3 Å². The minimum absolute atomic E-state index is 0.131. The molecule has 0 aromatic rings. The van der Waals surface area contributed by atoms with E-state index >= 15 is 0 Å². The Morgan fingerprint density at radius 1 is 1.14 bits per heavy atom. The molecule has 0 bridgehead atoms. The van der Waals surface area contributed by atoms with Crippen molar-refractivity contribution in [2.75, 3.05) is 19.7 Å². The fraction of sp³-hybridized carbons (Fsp3) is 0.630. The van der Waals surface area contributed by atoms with E-state index in [0.29, 0.717) is 44.5 Å². The molecule has 0 spiro atoms. The maximum absolute atomic E-state index is 11.9. The molecule has 8 heteroatoms. The number of unbranched alkanes of at least 4 members (excludes halogenated alkanes) is 3. The Kier molecular flexibility index (Phi) is 16.9. The van der Waals surface area contributed by atoms with Gasteiger partial charge in [0.05, 0.1) is 24.8 Å². The van der Waals surface area contributed by atoms with Crippen LogP contribution in [-0.2, 0) is 23.9 Å². The molecule has 35 heavy (non-hydrogen) atoms. The normalized spacial score (nSPS) is 12.1. The summed E-state index contributed by atoms with van der Waals surface area (Å²) in [6.45, 7) is 11.4. The fourth-order valence-electron chi connectivity index (χ4n) is 3.18. The highest BCUT2D eigenvalue weighted by atomic mass is 16.5. The maximum atomic E-state index is 11.9. The van der Waals surface area contributed by atoms with Crippen LogP contribution in [0.15, 0.2) is 23.3 Å². The monoisotopic (exact) mass is 489 g/mol. The lowest BCUT2D eigenvalue weighted by Crippen LogP contribution is -2.43. The topological polar surface area (TPSA) is 105 Å². The summed E-state index contributed by atoms with van der Waals surface area (Å²) in [6, 6.07) is 0. The molecular weight excluding hydrogens is 446 g/mol. The van der Waals surface area contributed by atoms with Gasteiger partial charge in [-0.1, -0.05) is 31.8 Å². The van der Waals surface area contributed by atoms with Crippen LogP contribution in [-0.4, -0.2) is 60.9 Å². The van der Waals surface area contributed by atoms with Crippen molar-refractivity contribution in [1.29, 1.82) is 0 Å². The third kappa shape index (κ3) is 14.8.